The Balaban J connectivity index is 2.65. The summed E-state index contributed by atoms with van der Waals surface area (Å²) in [6.45, 7) is 2.20. The van der Waals surface area contributed by atoms with Gasteiger partial charge in [0.2, 0.25) is 0 Å². The molecule has 0 aromatic carbocycles. The highest BCUT2D eigenvalue weighted by molar-refractivity contribution is 8.13. The highest BCUT2D eigenvalue weighted by Gasteiger charge is 2.19. The minimum absolute atomic E-state index is 0.138. The predicted octanol–water partition coefficient (Wildman–Crippen LogP) is 0.895. The number of hydrogen-bond acceptors (Lipinski definition) is 2. The van der Waals surface area contributed by atoms with Crippen molar-refractivity contribution in [2.45, 2.75) is 19.4 Å². The van der Waals surface area contributed by atoms with E-state index in [4.69, 9.17) is 0 Å². The summed E-state index contributed by atoms with van der Waals surface area (Å²) in [6, 6.07) is 0.652. The molecule has 2 atom stereocenters. The first-order chi connectivity index (χ1) is 4.75. The van der Waals surface area contributed by atoms with Crippen LogP contribution in [0, 0.1) is 0 Å². The van der Waals surface area contributed by atoms with E-state index in [-0.39, 0.29) is 10.7 Å². The van der Waals surface area contributed by atoms with Gasteiger partial charge in [0.15, 0.2) is 0 Å². The highest BCUT2D eigenvalue weighted by Crippen LogP contribution is 2.29. The Kier molecular flexibility index (Phi) is 2.63. The van der Waals surface area contributed by atoms with Gasteiger partial charge < -0.3 is 0 Å². The number of rotatable bonds is 1. The van der Waals surface area contributed by atoms with Crippen LogP contribution < -0.4 is 0 Å². The molecular weight excluding hydrogens is 146 g/mol. The van der Waals surface area contributed by atoms with E-state index in [1.54, 1.807) is 5.37 Å². The summed E-state index contributed by atoms with van der Waals surface area (Å²) in [7, 11) is 2.22. The van der Waals surface area contributed by atoms with E-state index in [2.05, 4.69) is 18.3 Å². The molecule has 2 unspecified atom stereocenters. The first-order valence-corrected chi connectivity index (χ1v) is 4.88. The van der Waals surface area contributed by atoms with E-state index in [9.17, 15) is 4.79 Å². The monoisotopic (exact) mass is 159 g/mol. The lowest BCUT2D eigenvalue weighted by Crippen LogP contribution is -2.16. The molecule has 0 aliphatic carbocycles. The van der Waals surface area contributed by atoms with Gasteiger partial charge in [0.1, 0.15) is 6.29 Å². The Morgan fingerprint density at radius 1 is 1.70 bits per heavy atom. The molecule has 0 radical (unpaired) electrons. The van der Waals surface area contributed by atoms with Gasteiger partial charge in [-0.05, 0) is 20.4 Å². The third-order valence-corrected chi connectivity index (χ3v) is 4.13. The molecule has 1 fully saturated rings. The van der Waals surface area contributed by atoms with Crippen LogP contribution in [0.5, 0.6) is 0 Å². The van der Waals surface area contributed by atoms with E-state index < -0.39 is 0 Å². The minimum atomic E-state index is 0.138. The van der Waals surface area contributed by atoms with Crippen LogP contribution in [0.25, 0.3) is 0 Å². The predicted molar refractivity (Wildman–Crippen MR) is 46.4 cm³/mol. The van der Waals surface area contributed by atoms with Crippen molar-refractivity contribution in [3.63, 3.8) is 0 Å². The zero-order chi connectivity index (χ0) is 7.56. The van der Waals surface area contributed by atoms with Crippen LogP contribution in [-0.2, 0) is 4.79 Å². The molecule has 0 amide bonds. The molecule has 1 aliphatic rings. The summed E-state index contributed by atoms with van der Waals surface area (Å²) in [5.41, 5.74) is 0. The molecule has 1 aliphatic heterocycles. The molecule has 1 rings (SSSR count). The summed E-state index contributed by atoms with van der Waals surface area (Å²) >= 11 is 0. The number of hydrogen-bond donors (Lipinski definition) is 0. The van der Waals surface area contributed by atoms with Crippen molar-refractivity contribution in [3.8, 4) is 0 Å². The van der Waals surface area contributed by atoms with Crippen LogP contribution in [0.2, 0.25) is 0 Å². The lowest BCUT2D eigenvalue weighted by atomic mass is 10.3. The quantitative estimate of drug-likeness (QED) is 0.418. The van der Waals surface area contributed by atoms with E-state index in [0.717, 1.165) is 12.0 Å². The van der Waals surface area contributed by atoms with Gasteiger partial charge in [-0.15, -0.1) is 10.7 Å². The van der Waals surface area contributed by atoms with Crippen LogP contribution in [-0.4, -0.2) is 34.8 Å². The summed E-state index contributed by atoms with van der Waals surface area (Å²) in [5, 5.41) is 1.77. The molecule has 10 heavy (non-hydrogen) atoms. The number of carbonyl (C=O) groups excluding carboxylic acids is 1. The average molecular weight is 159 g/mol. The fourth-order valence-electron chi connectivity index (χ4n) is 1.08. The van der Waals surface area contributed by atoms with Gasteiger partial charge >= 0.3 is 0 Å². The molecule has 3 heteroatoms. The van der Waals surface area contributed by atoms with Crippen molar-refractivity contribution >= 4 is 22.3 Å². The van der Waals surface area contributed by atoms with Crippen molar-refractivity contribution in [3.05, 3.63) is 0 Å². The summed E-state index contributed by atoms with van der Waals surface area (Å²) < 4.78 is 2.27. The summed E-state index contributed by atoms with van der Waals surface area (Å²) in [6.07, 6.45) is 2.14. The smallest absolute Gasteiger partial charge is 0.149 e. The van der Waals surface area contributed by atoms with Crippen molar-refractivity contribution < 1.29 is 4.79 Å². The minimum Gasteiger partial charge on any atom is -0.298 e. The van der Waals surface area contributed by atoms with E-state index in [1.165, 1.54) is 6.42 Å². The molecule has 0 saturated carbocycles. The molecule has 1 saturated heterocycles. The third-order valence-electron chi connectivity index (χ3n) is 1.95. The van der Waals surface area contributed by atoms with Crippen LogP contribution >= 0.6 is 10.7 Å². The largest absolute Gasteiger partial charge is 0.298 e. The summed E-state index contributed by atoms with van der Waals surface area (Å²) in [4.78, 5) is 10.1. The lowest BCUT2D eigenvalue weighted by Gasteiger charge is -2.15. The van der Waals surface area contributed by atoms with Gasteiger partial charge in [0, 0.05) is 17.2 Å². The SMILES string of the molecule is CC1CCS(=CC=O)N1C. The maximum atomic E-state index is 10.1. The second-order valence-corrected chi connectivity index (χ2v) is 4.62. The molecule has 0 spiro atoms. The first-order valence-electron chi connectivity index (χ1n) is 3.47. The van der Waals surface area contributed by atoms with Gasteiger partial charge in [-0.1, -0.05) is 0 Å². The average Bonchev–Trinajstić information content (AvgIpc) is 2.20. The van der Waals surface area contributed by atoms with Crippen molar-refractivity contribution in [1.82, 2.24) is 4.31 Å². The molecule has 58 valence electrons. The Hall–Kier alpha value is -0.150. The Labute approximate surface area is 64.3 Å². The van der Waals surface area contributed by atoms with E-state index in [1.807, 2.05) is 0 Å². The number of nitrogens with zero attached hydrogens (tertiary/aromatic N) is 1. The zero-order valence-electron chi connectivity index (χ0n) is 6.41. The molecule has 2 nitrogen and oxygen atoms in total. The molecule has 0 N–H and O–H groups in total. The van der Waals surface area contributed by atoms with Gasteiger partial charge in [0.05, 0.1) is 0 Å². The number of aldehydes is 1. The highest BCUT2D eigenvalue weighted by atomic mass is 32.2. The van der Waals surface area contributed by atoms with Gasteiger partial charge in [-0.3, -0.25) is 9.10 Å². The maximum absolute atomic E-state index is 10.1. The van der Waals surface area contributed by atoms with Crippen LogP contribution in [0.3, 0.4) is 0 Å². The normalized spacial score (nSPS) is 35.0. The van der Waals surface area contributed by atoms with E-state index in [0.29, 0.717) is 6.04 Å². The fourth-order valence-corrected chi connectivity index (χ4v) is 2.97. The van der Waals surface area contributed by atoms with Gasteiger partial charge in [-0.2, -0.15) is 0 Å². The van der Waals surface area contributed by atoms with Crippen LogP contribution in [0.15, 0.2) is 0 Å². The molecular formula is C7H13NOS. The Morgan fingerprint density at radius 2 is 2.40 bits per heavy atom. The fraction of sp³-hybridized carbons (Fsp3) is 0.714. The lowest BCUT2D eigenvalue weighted by molar-refractivity contribution is -0.102. The second-order valence-electron chi connectivity index (χ2n) is 2.56. The van der Waals surface area contributed by atoms with Crippen molar-refractivity contribution in [2.24, 2.45) is 0 Å². The number of carbonyl (C=O) groups is 1. The molecule has 0 bridgehead atoms. The second kappa shape index (κ2) is 3.30. The topological polar surface area (TPSA) is 20.3 Å². The Bertz CT molecular complexity index is 167. The van der Waals surface area contributed by atoms with Gasteiger partial charge in [0.25, 0.3) is 0 Å². The standard InChI is InChI=1S/C7H13NOS/c1-7-3-5-10(6-4-9)8(7)2/h4,6-7H,3,5H2,1-2H3. The van der Waals surface area contributed by atoms with Gasteiger partial charge in [-0.25, -0.2) is 0 Å². The first kappa shape index (κ1) is 7.95. The van der Waals surface area contributed by atoms with Crippen molar-refractivity contribution in [2.75, 3.05) is 12.8 Å². The van der Waals surface area contributed by atoms with E-state index >= 15 is 0 Å². The third kappa shape index (κ3) is 1.47. The maximum Gasteiger partial charge on any atom is 0.149 e. The van der Waals surface area contributed by atoms with Crippen molar-refractivity contribution in [1.29, 1.82) is 0 Å². The van der Waals surface area contributed by atoms with Crippen LogP contribution in [0.4, 0.5) is 0 Å². The molecule has 1 heterocycles. The molecule has 0 aromatic heterocycles. The zero-order valence-corrected chi connectivity index (χ0v) is 7.23. The Morgan fingerprint density at radius 3 is 2.80 bits per heavy atom. The molecule has 0 aromatic rings. The van der Waals surface area contributed by atoms with Crippen LogP contribution in [0.1, 0.15) is 13.3 Å². The summed E-state index contributed by atoms with van der Waals surface area (Å²) in [5.74, 6) is 1.16.